The number of aliphatic hydroxyl groups is 29. The molecular formula is C79H131N5O57. The van der Waals surface area contributed by atoms with Crippen LogP contribution in [0.4, 0.5) is 0 Å². The summed E-state index contributed by atoms with van der Waals surface area (Å²) in [7, 11) is 0. The van der Waals surface area contributed by atoms with E-state index < -0.39 is 444 Å². The van der Waals surface area contributed by atoms with E-state index in [1.165, 1.54) is 13.8 Å². The van der Waals surface area contributed by atoms with Gasteiger partial charge in [0.15, 0.2) is 62.9 Å². The molecule has 11 fully saturated rings. The standard InChI is InChI=1S/C79H131N5O57/c1-18-40(100)50(110)53(113)72(122-18)136-63-39(84-24(7)97)69(121-17-34-47(107)61(38(68(118)124-34)83-23(6)96)135-75-56(116)65(45(105)29(12-88)126-75)138-71-37(82-22(5)95)49(109)59(32(15-91)131-71)133-77-67(52(112)43(103)27(10-86)128-77)139-73-54(114)51(111)41(101)19(2)123-73)129-33(16-92)60(63)134-74-55(115)64(44(104)28(11-87)125-74)137-70-36(81-21(4)94)48(108)58(31(14-90)130-70)132-76-57(117)66(46(106)30(13-89)127-76)141-79(78(119)120)8-25(98)35(80-20(3)93)62(140-79)42(102)26(99)9-85/h18-19,25-77,85-92,98-118H,8-17H2,1-7H3,(H,80,93)(H,81,94)(H,82,95)(H,83,96)(H,84,97)(H,119,120)/t18-,19-,25-,26+,27+,28+,29+,30+,31+,32+,33+,34+,35+,36+,37+,38+,39+,40+,41+,42+,43-,44-,45-,46-,47-,48+,49+,50+,51+,52-,53-,54-,55+,56+,57+,58+,59+,60+,61+,62+,63+,64-,65-,66-,67+,68-,69+,70-,71-,72-,73-,74-,75-,76-,77-,79-/m0/s1. The number of carboxylic acid groups (broad SMARTS) is 1. The monoisotopic (exact) mass is 2060 g/mol. The zero-order chi connectivity index (χ0) is 104. The van der Waals surface area contributed by atoms with Crippen LogP contribution < -0.4 is 26.6 Å². The number of carbonyl (C=O) groups is 6. The minimum Gasteiger partial charge on any atom is -0.477 e. The number of amides is 5. The van der Waals surface area contributed by atoms with Gasteiger partial charge in [-0.2, -0.15) is 0 Å². The molecule has 0 spiro atoms. The molecule has 0 aromatic carbocycles. The van der Waals surface area contributed by atoms with E-state index in [-0.39, 0.29) is 0 Å². The zero-order valence-corrected chi connectivity index (χ0v) is 76.3. The lowest BCUT2D eigenvalue weighted by molar-refractivity contribution is -0.393. The third-order valence-corrected chi connectivity index (χ3v) is 25.9. The van der Waals surface area contributed by atoms with E-state index in [4.69, 9.17) is 99.5 Å². The molecule has 0 aliphatic carbocycles. The first-order valence-corrected chi connectivity index (χ1v) is 45.0. The quantitative estimate of drug-likeness (QED) is 0.0275. The summed E-state index contributed by atoms with van der Waals surface area (Å²) in [5.74, 6) is -10.3. The van der Waals surface area contributed by atoms with Gasteiger partial charge in [-0.15, -0.1) is 0 Å². The number of rotatable bonds is 37. The topological polar surface area (TPSA) is 963 Å². The van der Waals surface area contributed by atoms with Gasteiger partial charge in [-0.1, -0.05) is 0 Å². The summed E-state index contributed by atoms with van der Waals surface area (Å²) >= 11 is 0. The van der Waals surface area contributed by atoms with Crippen molar-refractivity contribution >= 4 is 35.5 Å². The number of aliphatic carboxylic acids is 1. The molecule has 62 heteroatoms. The van der Waals surface area contributed by atoms with Crippen molar-refractivity contribution in [3.8, 4) is 0 Å². The molecule has 11 saturated heterocycles. The predicted octanol–water partition coefficient (Wildman–Crippen LogP) is -23.0. The lowest BCUT2D eigenvalue weighted by atomic mass is 9.88. The third kappa shape index (κ3) is 25.6. The lowest BCUT2D eigenvalue weighted by Crippen LogP contribution is -2.71. The van der Waals surface area contributed by atoms with Crippen molar-refractivity contribution in [3.05, 3.63) is 0 Å². The predicted molar refractivity (Wildman–Crippen MR) is 435 cm³/mol. The van der Waals surface area contributed by atoms with Gasteiger partial charge in [-0.05, 0) is 13.8 Å². The largest absolute Gasteiger partial charge is 0.477 e. The highest BCUT2D eigenvalue weighted by Gasteiger charge is 2.65. The molecular weight excluding hydrogens is 1930 g/mol. The molecule has 0 aromatic rings. The average molecular weight is 2060 g/mol. The SMILES string of the molecule is CC(=O)N[C@@H]1[C@@H](O[C@@H]2O[C@H](CO)[C@H](O)[C@H](O[C@@H]3O[C@H](CO)[C@@H](O[C@@H]4O[C@H](CO)[C@H](O)[C@H](O)[C@H]4O[C@@H]4O[C@@H](C)[C@@H](O)[C@@H](O)[C@@H]4O)[C@H](O)[C@H]3NC(C)=O)[C@H]2O)[C@@H](O)[C@@H](CO[C@@H]2O[C@H](CO)[C@@H](O[C@@H]3O[C@H](CO)[C@H](O)[C@H](O[C@@H]4O[C@H](CO)[C@@H](O[C@@H]5O[C@H](CO)[C@H](O)[C@H](O[C@]6(C(=O)O)C[C@H](O)[C@@H](NC(C)=O)[C@H]([C@H](O)[C@H](O)CO)O6)[C@H]5O)[C@H](O)[C@H]4NC(C)=O)[C@H]3O)[C@H](O[C@@H]3O[C@@H](C)[C@@H](O)[C@@H](O)[C@@H]3O)[C@H]2NC(C)=O)O[C@@H]1O. The van der Waals surface area contributed by atoms with Crippen molar-refractivity contribution in [1.82, 2.24) is 26.6 Å². The van der Waals surface area contributed by atoms with E-state index in [9.17, 15) is 182 Å². The fourth-order valence-electron chi connectivity index (χ4n) is 18.4. The summed E-state index contributed by atoms with van der Waals surface area (Å²) in [5.41, 5.74) is 0. The Hall–Kier alpha value is -5.18. The van der Waals surface area contributed by atoms with Crippen molar-refractivity contribution < 1.29 is 281 Å². The minimum atomic E-state index is -3.30. The molecule has 0 saturated carbocycles. The molecule has 56 atom stereocenters. The number of hydrogen-bond acceptors (Lipinski definition) is 56. The van der Waals surface area contributed by atoms with Gasteiger partial charge in [-0.3, -0.25) is 24.0 Å². The number of carbonyl (C=O) groups excluding carboxylic acids is 5. The second kappa shape index (κ2) is 50.0. The van der Waals surface area contributed by atoms with E-state index >= 15 is 0 Å². The first kappa shape index (κ1) is 116. The Kier molecular flexibility index (Phi) is 41.1. The number of nitrogens with one attached hydrogen (secondary N) is 5. The molecule has 35 N–H and O–H groups in total. The molecule has 0 bridgehead atoms. The molecule has 0 unspecified atom stereocenters. The second-order valence-electron chi connectivity index (χ2n) is 35.9. The van der Waals surface area contributed by atoms with Gasteiger partial charge in [0.05, 0.1) is 83.8 Å². The van der Waals surface area contributed by atoms with E-state index in [0.29, 0.717) is 0 Å². The molecule has 11 rings (SSSR count). The normalized spacial score (nSPS) is 48.3. The molecule has 814 valence electrons. The van der Waals surface area contributed by atoms with Crippen LogP contribution in [-0.2, 0) is 128 Å². The number of hydrogen-bond donors (Lipinski definition) is 35. The highest BCUT2D eigenvalue weighted by atomic mass is 16.8. The van der Waals surface area contributed by atoms with E-state index in [0.717, 1.165) is 34.6 Å². The number of carboxylic acids is 1. The fourth-order valence-corrected chi connectivity index (χ4v) is 18.4. The van der Waals surface area contributed by atoms with Crippen LogP contribution in [0.15, 0.2) is 0 Å². The Morgan fingerprint density at radius 2 is 0.638 bits per heavy atom. The van der Waals surface area contributed by atoms with Gasteiger partial charge in [0.1, 0.15) is 250 Å². The van der Waals surface area contributed by atoms with Gasteiger partial charge in [-0.25, -0.2) is 4.79 Å². The van der Waals surface area contributed by atoms with Crippen molar-refractivity contribution in [2.75, 3.05) is 59.5 Å². The Labute approximate surface area is 798 Å². The Balaban J connectivity index is 0.828. The highest BCUT2D eigenvalue weighted by molar-refractivity contribution is 5.77. The summed E-state index contributed by atoms with van der Waals surface area (Å²) in [4.78, 5) is 78.3. The zero-order valence-electron chi connectivity index (χ0n) is 76.3. The summed E-state index contributed by atoms with van der Waals surface area (Å²) < 4.78 is 125. The van der Waals surface area contributed by atoms with Crippen molar-refractivity contribution in [3.63, 3.8) is 0 Å². The Morgan fingerprint density at radius 3 is 1.07 bits per heavy atom. The molecule has 11 aliphatic heterocycles. The molecule has 141 heavy (non-hydrogen) atoms. The maximum atomic E-state index is 13.6. The van der Waals surface area contributed by atoms with Crippen molar-refractivity contribution in [1.29, 1.82) is 0 Å². The molecule has 5 amide bonds. The van der Waals surface area contributed by atoms with Gasteiger partial charge in [0.25, 0.3) is 5.79 Å². The smallest absolute Gasteiger partial charge is 0.364 e. The summed E-state index contributed by atoms with van der Waals surface area (Å²) in [5, 5.41) is 349. The van der Waals surface area contributed by atoms with Crippen LogP contribution in [0.25, 0.3) is 0 Å². The van der Waals surface area contributed by atoms with Crippen molar-refractivity contribution in [2.45, 2.75) is 398 Å². The van der Waals surface area contributed by atoms with Gasteiger partial charge < -0.3 is 279 Å². The first-order valence-electron chi connectivity index (χ1n) is 45.0. The minimum absolute atomic E-state index is 0.880. The highest BCUT2D eigenvalue weighted by Crippen LogP contribution is 2.44. The summed E-state index contributed by atoms with van der Waals surface area (Å²) in [6, 6.07) is -9.73. The Morgan fingerprint density at radius 1 is 0.305 bits per heavy atom. The van der Waals surface area contributed by atoms with Crippen LogP contribution >= 0.6 is 0 Å². The first-order chi connectivity index (χ1) is 66.5. The van der Waals surface area contributed by atoms with Gasteiger partial charge >= 0.3 is 5.97 Å². The molecule has 62 nitrogen and oxygen atoms in total. The van der Waals surface area contributed by atoms with Crippen LogP contribution in [0.1, 0.15) is 54.9 Å². The summed E-state index contributed by atoms with van der Waals surface area (Å²) in [6.07, 6.45) is -107. The maximum absolute atomic E-state index is 13.6. The van der Waals surface area contributed by atoms with Crippen LogP contribution in [0.2, 0.25) is 0 Å². The lowest BCUT2D eigenvalue weighted by Gasteiger charge is -2.52. The third-order valence-electron chi connectivity index (χ3n) is 25.9. The molecule has 11 heterocycles. The molecule has 0 radical (unpaired) electrons. The van der Waals surface area contributed by atoms with Crippen LogP contribution in [0.5, 0.6) is 0 Å². The maximum Gasteiger partial charge on any atom is 0.364 e. The van der Waals surface area contributed by atoms with Gasteiger partial charge in [0, 0.05) is 41.0 Å². The number of aliphatic hydroxyl groups excluding tert-OH is 29. The second-order valence-corrected chi connectivity index (χ2v) is 35.9. The molecule has 0 aromatic heterocycles. The van der Waals surface area contributed by atoms with E-state index in [1.54, 1.807) is 0 Å². The van der Waals surface area contributed by atoms with Crippen LogP contribution in [-0.4, -0.2) is 591 Å². The van der Waals surface area contributed by atoms with E-state index in [1.807, 2.05) is 0 Å². The van der Waals surface area contributed by atoms with Gasteiger partial charge in [0.2, 0.25) is 29.5 Å². The average Bonchev–Trinajstić information content (AvgIpc) is 0.740. The van der Waals surface area contributed by atoms with Crippen LogP contribution in [0.3, 0.4) is 0 Å². The number of ether oxygens (including phenoxy) is 21. The van der Waals surface area contributed by atoms with E-state index in [2.05, 4.69) is 26.6 Å². The van der Waals surface area contributed by atoms with Crippen molar-refractivity contribution in [2.24, 2.45) is 0 Å². The summed E-state index contributed by atoms with van der Waals surface area (Å²) in [6.45, 7) is -3.61. The van der Waals surface area contributed by atoms with Crippen LogP contribution in [0, 0.1) is 0 Å². The Bertz CT molecular complexity index is 3990. The molecule has 11 aliphatic rings. The fraction of sp³-hybridized carbons (Fsp3) is 0.924.